The highest BCUT2D eigenvalue weighted by molar-refractivity contribution is 5.78. The molecule has 0 radical (unpaired) electrons. The van der Waals surface area contributed by atoms with E-state index in [1.807, 2.05) is 12.1 Å². The minimum atomic E-state index is -0.981. The number of unbranched alkanes of at least 4 members (excludes halogenated alkanes) is 6. The Morgan fingerprint density at radius 3 is 2.00 bits per heavy atom. The number of aliphatic carboxylic acids is 1. The van der Waals surface area contributed by atoms with Gasteiger partial charge in [0.2, 0.25) is 0 Å². The second-order valence-electron chi connectivity index (χ2n) is 5.08. The van der Waals surface area contributed by atoms with Gasteiger partial charge in [0.05, 0.1) is 0 Å². The first-order chi connectivity index (χ1) is 10.1. The van der Waals surface area contributed by atoms with Crippen molar-refractivity contribution >= 4 is 5.97 Å². The molecule has 0 aromatic heterocycles. The lowest BCUT2D eigenvalue weighted by Crippen LogP contribution is -1.85. The molecule has 1 aromatic carbocycles. The zero-order valence-corrected chi connectivity index (χ0v) is 13.1. The molecule has 0 saturated carbocycles. The molecule has 0 heterocycles. The number of rotatable bonds is 9. The van der Waals surface area contributed by atoms with Gasteiger partial charge in [0.25, 0.3) is 0 Å². The van der Waals surface area contributed by atoms with E-state index < -0.39 is 5.97 Å². The van der Waals surface area contributed by atoms with E-state index in [1.54, 1.807) is 12.1 Å². The van der Waals surface area contributed by atoms with Crippen LogP contribution < -0.4 is 0 Å². The number of aromatic hydroxyl groups is 1. The predicted octanol–water partition coefficient (Wildman–Crippen LogP) is 4.94. The quantitative estimate of drug-likeness (QED) is 0.500. The maximum atomic E-state index is 9.25. The highest BCUT2D eigenvalue weighted by Crippen LogP contribution is 2.13. The van der Waals surface area contributed by atoms with Crippen LogP contribution in [0.3, 0.4) is 0 Å². The third-order valence-electron chi connectivity index (χ3n) is 3.18. The zero-order valence-electron chi connectivity index (χ0n) is 13.1. The summed E-state index contributed by atoms with van der Waals surface area (Å²) in [6.07, 6.45) is 11.5. The molecule has 0 spiro atoms. The average molecular weight is 292 g/mol. The first kappa shape index (κ1) is 19.2. The van der Waals surface area contributed by atoms with Gasteiger partial charge in [-0.3, -0.25) is 0 Å². The monoisotopic (exact) mass is 292 g/mol. The van der Waals surface area contributed by atoms with Crippen LogP contribution in [0.25, 0.3) is 0 Å². The van der Waals surface area contributed by atoms with Gasteiger partial charge in [-0.25, -0.2) is 4.79 Å². The van der Waals surface area contributed by atoms with Gasteiger partial charge in [0, 0.05) is 6.08 Å². The molecule has 1 aromatic rings. The van der Waals surface area contributed by atoms with Crippen LogP contribution >= 0.6 is 0 Å². The fourth-order valence-corrected chi connectivity index (χ4v) is 1.95. The molecule has 0 amide bonds. The van der Waals surface area contributed by atoms with E-state index in [-0.39, 0.29) is 0 Å². The number of phenols is 1. The van der Waals surface area contributed by atoms with Gasteiger partial charge in [-0.1, -0.05) is 64.2 Å². The van der Waals surface area contributed by atoms with Crippen molar-refractivity contribution in [3.05, 3.63) is 42.5 Å². The summed E-state index contributed by atoms with van der Waals surface area (Å²) in [5.41, 5.74) is 1.34. The van der Waals surface area contributed by atoms with Crippen LogP contribution in [0.15, 0.2) is 36.9 Å². The molecule has 1 rings (SSSR count). The fraction of sp³-hybridized carbons (Fsp3) is 0.500. The van der Waals surface area contributed by atoms with E-state index in [9.17, 15) is 4.79 Å². The van der Waals surface area contributed by atoms with Gasteiger partial charge < -0.3 is 10.2 Å². The molecule has 21 heavy (non-hydrogen) atoms. The van der Waals surface area contributed by atoms with E-state index in [0.29, 0.717) is 5.75 Å². The van der Waals surface area contributed by atoms with Crippen molar-refractivity contribution in [2.24, 2.45) is 0 Å². The van der Waals surface area contributed by atoms with Crippen molar-refractivity contribution in [3.63, 3.8) is 0 Å². The normalized spacial score (nSPS) is 9.57. The maximum Gasteiger partial charge on any atom is 0.327 e. The Morgan fingerprint density at radius 1 is 1.05 bits per heavy atom. The molecule has 0 aliphatic heterocycles. The number of phenolic OH excluding ortho intramolecular Hbond substituents is 1. The molecule has 0 atom stereocenters. The lowest BCUT2D eigenvalue weighted by atomic mass is 10.0. The second kappa shape index (κ2) is 13.2. The Bertz CT molecular complexity index is 382. The molecular weight excluding hydrogens is 264 g/mol. The standard InChI is InChI=1S/C15H24O.C3H4O2/c1-2-3-4-5-6-7-8-9-14-10-12-15(16)13-11-14;1-2-3(4)5/h10-13,16H,2-9H2,1H3;2H,1H2,(H,4,5). The molecule has 0 fully saturated rings. The van der Waals surface area contributed by atoms with E-state index in [1.165, 1.54) is 50.5 Å². The summed E-state index contributed by atoms with van der Waals surface area (Å²) in [4.78, 5) is 9.25. The maximum absolute atomic E-state index is 9.25. The number of carboxylic acid groups (broad SMARTS) is 1. The summed E-state index contributed by atoms with van der Waals surface area (Å²) in [6.45, 7) is 5.22. The second-order valence-corrected chi connectivity index (χ2v) is 5.08. The van der Waals surface area contributed by atoms with Gasteiger partial charge in [-0.2, -0.15) is 0 Å². The summed E-state index contributed by atoms with van der Waals surface area (Å²) in [5.74, 6) is -0.617. The third-order valence-corrected chi connectivity index (χ3v) is 3.18. The topological polar surface area (TPSA) is 57.5 Å². The number of aryl methyl sites for hydroxylation is 1. The molecule has 0 bridgehead atoms. The number of hydrogen-bond donors (Lipinski definition) is 2. The van der Waals surface area contributed by atoms with Crippen LogP contribution in [0.1, 0.15) is 57.4 Å². The molecule has 0 unspecified atom stereocenters. The van der Waals surface area contributed by atoms with Crippen LogP contribution in [0.2, 0.25) is 0 Å². The molecule has 3 heteroatoms. The Hall–Kier alpha value is -1.77. The molecule has 0 aliphatic rings. The van der Waals surface area contributed by atoms with Crippen LogP contribution in [0, 0.1) is 0 Å². The molecule has 2 N–H and O–H groups in total. The Kier molecular flexibility index (Phi) is 12.1. The lowest BCUT2D eigenvalue weighted by Gasteiger charge is -2.02. The minimum absolute atomic E-state index is 0.364. The van der Waals surface area contributed by atoms with Gasteiger partial charge in [0.15, 0.2) is 0 Å². The highest BCUT2D eigenvalue weighted by atomic mass is 16.4. The van der Waals surface area contributed by atoms with Crippen molar-refractivity contribution in [1.82, 2.24) is 0 Å². The molecular formula is C18H28O3. The van der Waals surface area contributed by atoms with Crippen LogP contribution in [0.4, 0.5) is 0 Å². The molecule has 118 valence electrons. The van der Waals surface area contributed by atoms with Crippen molar-refractivity contribution in [1.29, 1.82) is 0 Å². The Morgan fingerprint density at radius 2 is 1.52 bits per heavy atom. The first-order valence-corrected chi connectivity index (χ1v) is 7.73. The SMILES string of the molecule is C=CC(=O)O.CCCCCCCCCc1ccc(O)cc1. The summed E-state index contributed by atoms with van der Waals surface area (Å²) >= 11 is 0. The highest BCUT2D eigenvalue weighted by Gasteiger charge is 1.94. The van der Waals surface area contributed by atoms with Gasteiger partial charge in [-0.15, -0.1) is 0 Å². The molecule has 0 saturated heterocycles. The zero-order chi connectivity index (χ0) is 15.9. The van der Waals surface area contributed by atoms with E-state index >= 15 is 0 Å². The minimum Gasteiger partial charge on any atom is -0.508 e. The van der Waals surface area contributed by atoms with Crippen molar-refractivity contribution in [3.8, 4) is 5.75 Å². The summed E-state index contributed by atoms with van der Waals surface area (Å²) < 4.78 is 0. The molecule has 0 aliphatic carbocycles. The van der Waals surface area contributed by atoms with E-state index in [4.69, 9.17) is 10.2 Å². The molecule has 3 nitrogen and oxygen atoms in total. The first-order valence-electron chi connectivity index (χ1n) is 7.73. The number of hydrogen-bond acceptors (Lipinski definition) is 2. The van der Waals surface area contributed by atoms with Crippen molar-refractivity contribution < 1.29 is 15.0 Å². The fourth-order valence-electron chi connectivity index (χ4n) is 1.95. The van der Waals surface area contributed by atoms with Gasteiger partial charge >= 0.3 is 5.97 Å². The summed E-state index contributed by atoms with van der Waals surface area (Å²) in [7, 11) is 0. The third kappa shape index (κ3) is 13.0. The van der Waals surface area contributed by atoms with Crippen LogP contribution in [0.5, 0.6) is 5.75 Å². The predicted molar refractivity (Wildman–Crippen MR) is 87.6 cm³/mol. The summed E-state index contributed by atoms with van der Waals surface area (Å²) in [6, 6.07) is 7.59. The Labute approximate surface area is 128 Å². The smallest absolute Gasteiger partial charge is 0.327 e. The average Bonchev–Trinajstić information content (AvgIpc) is 2.49. The van der Waals surface area contributed by atoms with Gasteiger partial charge in [0.1, 0.15) is 5.75 Å². The van der Waals surface area contributed by atoms with Crippen molar-refractivity contribution in [2.45, 2.75) is 58.3 Å². The summed E-state index contributed by atoms with van der Waals surface area (Å²) in [5, 5.41) is 16.8. The lowest BCUT2D eigenvalue weighted by molar-refractivity contribution is -0.131. The van der Waals surface area contributed by atoms with Crippen LogP contribution in [-0.4, -0.2) is 16.2 Å². The van der Waals surface area contributed by atoms with E-state index in [2.05, 4.69) is 13.5 Å². The van der Waals surface area contributed by atoms with Crippen LogP contribution in [-0.2, 0) is 11.2 Å². The number of benzene rings is 1. The number of carboxylic acids is 1. The van der Waals surface area contributed by atoms with E-state index in [0.717, 1.165) is 12.5 Å². The number of carbonyl (C=O) groups is 1. The largest absolute Gasteiger partial charge is 0.508 e. The Balaban J connectivity index is 0.000000690. The van der Waals surface area contributed by atoms with Gasteiger partial charge in [-0.05, 0) is 30.5 Å². The van der Waals surface area contributed by atoms with Crippen molar-refractivity contribution in [2.75, 3.05) is 0 Å².